The molecule has 0 saturated carbocycles. The summed E-state index contributed by atoms with van der Waals surface area (Å²) in [7, 11) is 1.47. The van der Waals surface area contributed by atoms with Gasteiger partial charge in [0, 0.05) is 0 Å². The summed E-state index contributed by atoms with van der Waals surface area (Å²) in [6.45, 7) is 4.26. The lowest BCUT2D eigenvalue weighted by Gasteiger charge is -2.24. The maximum Gasteiger partial charge on any atom is 0.309 e. The summed E-state index contributed by atoms with van der Waals surface area (Å²) >= 11 is 0. The van der Waals surface area contributed by atoms with Gasteiger partial charge in [0.15, 0.2) is 0 Å². The number of hydrogen-bond donors (Lipinski definition) is 0. The molecule has 16 heavy (non-hydrogen) atoms. The van der Waals surface area contributed by atoms with Gasteiger partial charge in [0.2, 0.25) is 0 Å². The molecule has 2 heteroatoms. The first kappa shape index (κ1) is 11.2. The summed E-state index contributed by atoms with van der Waals surface area (Å²) in [4.78, 5) is 11.5. The van der Waals surface area contributed by atoms with Crippen LogP contribution in [0.15, 0.2) is 12.1 Å². The van der Waals surface area contributed by atoms with Gasteiger partial charge in [-0.25, -0.2) is 0 Å². The Morgan fingerprint density at radius 1 is 1.38 bits per heavy atom. The van der Waals surface area contributed by atoms with Crippen LogP contribution in [0.5, 0.6) is 0 Å². The molecule has 1 atom stereocenters. The fraction of sp³-hybridized carbons (Fsp3) is 0.500. The highest BCUT2D eigenvalue weighted by Crippen LogP contribution is 2.29. The molecule has 1 aliphatic carbocycles. The van der Waals surface area contributed by atoms with E-state index in [1.54, 1.807) is 0 Å². The van der Waals surface area contributed by atoms with Gasteiger partial charge in [-0.1, -0.05) is 17.7 Å². The first-order valence-electron chi connectivity index (χ1n) is 5.78. The highest BCUT2D eigenvalue weighted by Gasteiger charge is 2.26. The molecule has 1 aromatic rings. The minimum atomic E-state index is -0.0642. The second kappa shape index (κ2) is 4.28. The lowest BCUT2D eigenvalue weighted by molar-refractivity contribution is -0.145. The van der Waals surface area contributed by atoms with Crippen LogP contribution >= 0.6 is 0 Å². The van der Waals surface area contributed by atoms with E-state index in [0.29, 0.717) is 0 Å². The first-order valence-corrected chi connectivity index (χ1v) is 5.78. The molecule has 0 amide bonds. The molecule has 0 radical (unpaired) electrons. The number of ether oxygens (including phenoxy) is 1. The summed E-state index contributed by atoms with van der Waals surface area (Å²) in [6, 6.07) is 4.44. The van der Waals surface area contributed by atoms with Gasteiger partial charge in [-0.2, -0.15) is 0 Å². The quantitative estimate of drug-likeness (QED) is 0.677. The Morgan fingerprint density at radius 3 is 2.81 bits per heavy atom. The van der Waals surface area contributed by atoms with E-state index in [2.05, 4.69) is 26.0 Å². The number of hydrogen-bond acceptors (Lipinski definition) is 2. The van der Waals surface area contributed by atoms with Crippen molar-refractivity contribution < 1.29 is 9.53 Å². The summed E-state index contributed by atoms with van der Waals surface area (Å²) < 4.78 is 4.83. The Balaban J connectivity index is 2.30. The van der Waals surface area contributed by atoms with Crippen molar-refractivity contribution in [2.24, 2.45) is 5.92 Å². The minimum Gasteiger partial charge on any atom is -0.469 e. The largest absolute Gasteiger partial charge is 0.469 e. The predicted octanol–water partition coefficient (Wildman–Crippen LogP) is 2.58. The number of fused-ring (bicyclic) bond motifs is 1. The smallest absolute Gasteiger partial charge is 0.309 e. The van der Waals surface area contributed by atoms with Crippen LogP contribution in [-0.4, -0.2) is 13.1 Å². The van der Waals surface area contributed by atoms with Crippen molar-refractivity contribution in [2.75, 3.05) is 7.11 Å². The molecule has 0 spiro atoms. The fourth-order valence-corrected chi connectivity index (χ4v) is 2.65. The van der Waals surface area contributed by atoms with E-state index in [1.807, 2.05) is 0 Å². The Kier molecular flexibility index (Phi) is 2.99. The monoisotopic (exact) mass is 218 g/mol. The molecule has 2 nitrogen and oxygen atoms in total. The molecule has 1 aliphatic rings. The SMILES string of the molecule is COC(=O)C1CCc2cc(C)cc(C)c2C1. The topological polar surface area (TPSA) is 26.3 Å². The van der Waals surface area contributed by atoms with Crippen LogP contribution in [0.2, 0.25) is 0 Å². The van der Waals surface area contributed by atoms with E-state index >= 15 is 0 Å². The molecule has 0 bridgehead atoms. The van der Waals surface area contributed by atoms with Crippen LogP contribution in [0.1, 0.15) is 28.7 Å². The summed E-state index contributed by atoms with van der Waals surface area (Å²) in [6.07, 6.45) is 2.76. The average Bonchev–Trinajstić information content (AvgIpc) is 2.27. The molecule has 0 heterocycles. The highest BCUT2D eigenvalue weighted by atomic mass is 16.5. The van der Waals surface area contributed by atoms with E-state index in [0.717, 1.165) is 19.3 Å². The minimum absolute atomic E-state index is 0.0545. The van der Waals surface area contributed by atoms with Crippen molar-refractivity contribution in [3.63, 3.8) is 0 Å². The number of esters is 1. The molecule has 0 aliphatic heterocycles. The van der Waals surface area contributed by atoms with Crippen LogP contribution in [-0.2, 0) is 22.4 Å². The molecule has 0 aromatic heterocycles. The van der Waals surface area contributed by atoms with Crippen LogP contribution in [0.4, 0.5) is 0 Å². The van der Waals surface area contributed by atoms with Crippen molar-refractivity contribution in [1.29, 1.82) is 0 Å². The van der Waals surface area contributed by atoms with Gasteiger partial charge in [0.1, 0.15) is 0 Å². The lowest BCUT2D eigenvalue weighted by Crippen LogP contribution is -2.24. The molecule has 86 valence electrons. The van der Waals surface area contributed by atoms with Gasteiger partial charge < -0.3 is 4.74 Å². The number of carbonyl (C=O) groups is 1. The maximum atomic E-state index is 11.5. The van der Waals surface area contributed by atoms with Crippen molar-refractivity contribution in [1.82, 2.24) is 0 Å². The van der Waals surface area contributed by atoms with Crippen molar-refractivity contribution in [3.8, 4) is 0 Å². The summed E-state index contributed by atoms with van der Waals surface area (Å²) in [5, 5.41) is 0. The Labute approximate surface area is 96.6 Å². The zero-order valence-electron chi connectivity index (χ0n) is 10.2. The van der Waals surface area contributed by atoms with E-state index in [4.69, 9.17) is 4.74 Å². The van der Waals surface area contributed by atoms with E-state index < -0.39 is 0 Å². The van der Waals surface area contributed by atoms with E-state index in [-0.39, 0.29) is 11.9 Å². The molecular weight excluding hydrogens is 200 g/mol. The van der Waals surface area contributed by atoms with Gasteiger partial charge in [-0.3, -0.25) is 4.79 Å². The third kappa shape index (κ3) is 1.97. The lowest BCUT2D eigenvalue weighted by atomic mass is 9.81. The third-order valence-corrected chi connectivity index (χ3v) is 3.46. The Hall–Kier alpha value is -1.31. The molecular formula is C14H18O2. The van der Waals surface area contributed by atoms with Crippen LogP contribution in [0.25, 0.3) is 0 Å². The normalized spacial score (nSPS) is 19.1. The van der Waals surface area contributed by atoms with Crippen molar-refractivity contribution in [2.45, 2.75) is 33.1 Å². The number of methoxy groups -OCH3 is 1. The second-order valence-corrected chi connectivity index (χ2v) is 4.68. The predicted molar refractivity (Wildman–Crippen MR) is 63.4 cm³/mol. The summed E-state index contributed by atoms with van der Waals surface area (Å²) in [5.41, 5.74) is 5.39. The van der Waals surface area contributed by atoms with Crippen LogP contribution in [0.3, 0.4) is 0 Å². The van der Waals surface area contributed by atoms with Gasteiger partial charge in [0.25, 0.3) is 0 Å². The Morgan fingerprint density at radius 2 is 2.12 bits per heavy atom. The number of carbonyl (C=O) groups excluding carboxylic acids is 1. The average molecular weight is 218 g/mol. The van der Waals surface area contributed by atoms with Gasteiger partial charge >= 0.3 is 5.97 Å². The van der Waals surface area contributed by atoms with Crippen molar-refractivity contribution in [3.05, 3.63) is 34.4 Å². The zero-order chi connectivity index (χ0) is 11.7. The van der Waals surface area contributed by atoms with Gasteiger partial charge in [0.05, 0.1) is 13.0 Å². The van der Waals surface area contributed by atoms with E-state index in [1.165, 1.54) is 29.4 Å². The standard InChI is InChI=1S/C14H18O2/c1-9-6-10(2)13-8-12(14(15)16-3)5-4-11(13)7-9/h6-7,12H,4-5,8H2,1-3H3. The highest BCUT2D eigenvalue weighted by molar-refractivity contribution is 5.73. The van der Waals surface area contributed by atoms with Crippen LogP contribution in [0, 0.1) is 19.8 Å². The molecule has 1 unspecified atom stereocenters. The van der Waals surface area contributed by atoms with Gasteiger partial charge in [-0.15, -0.1) is 0 Å². The van der Waals surface area contributed by atoms with E-state index in [9.17, 15) is 4.79 Å². The van der Waals surface area contributed by atoms with Gasteiger partial charge in [-0.05, 0) is 49.8 Å². The second-order valence-electron chi connectivity index (χ2n) is 4.68. The molecule has 0 fully saturated rings. The number of rotatable bonds is 1. The maximum absolute atomic E-state index is 11.5. The van der Waals surface area contributed by atoms with Crippen LogP contribution < -0.4 is 0 Å². The molecule has 1 aromatic carbocycles. The molecule has 0 N–H and O–H groups in total. The third-order valence-electron chi connectivity index (χ3n) is 3.46. The fourth-order valence-electron chi connectivity index (χ4n) is 2.65. The Bertz CT molecular complexity index is 421. The molecule has 0 saturated heterocycles. The first-order chi connectivity index (χ1) is 7.61. The zero-order valence-corrected chi connectivity index (χ0v) is 10.2. The number of benzene rings is 1. The van der Waals surface area contributed by atoms with Crippen molar-refractivity contribution >= 4 is 5.97 Å². The number of aryl methyl sites for hydroxylation is 3. The summed E-state index contributed by atoms with van der Waals surface area (Å²) in [5.74, 6) is -0.00969. The molecule has 2 rings (SSSR count).